The first-order chi connectivity index (χ1) is 10.2. The molecule has 1 aliphatic heterocycles. The topological polar surface area (TPSA) is 67.6 Å². The van der Waals surface area contributed by atoms with Crippen molar-refractivity contribution in [3.8, 4) is 0 Å². The molecular weight excluding hydrogens is 337 g/mol. The minimum absolute atomic E-state index is 0. The van der Waals surface area contributed by atoms with Crippen molar-refractivity contribution in [3.63, 3.8) is 0 Å². The molecule has 1 aromatic rings. The third kappa shape index (κ3) is 7.50. The summed E-state index contributed by atoms with van der Waals surface area (Å²) in [5.41, 5.74) is 8.07. The summed E-state index contributed by atoms with van der Waals surface area (Å²) in [6.45, 7) is 4.16. The van der Waals surface area contributed by atoms with Crippen LogP contribution in [0.3, 0.4) is 0 Å². The van der Waals surface area contributed by atoms with Crippen LogP contribution in [0, 0.1) is 0 Å². The zero-order chi connectivity index (χ0) is 15.1. The number of nitrogens with one attached hydrogen (secondary N) is 1. The average molecular weight is 364 g/mol. The van der Waals surface area contributed by atoms with Crippen molar-refractivity contribution in [3.05, 3.63) is 35.4 Å². The standard InChI is InChI=1S/C16H25N3O2.2ClH/c1-21-12-15(17)16(20)18-10-13-4-6-14(7-5-13)11-19-8-2-3-9-19;;/h4-7,15H,2-3,8-12,17H2,1H3,(H,18,20);2*1H. The molecule has 0 bridgehead atoms. The van der Waals surface area contributed by atoms with Crippen LogP contribution in [0.15, 0.2) is 24.3 Å². The van der Waals surface area contributed by atoms with Crippen LogP contribution in [0.25, 0.3) is 0 Å². The number of likely N-dealkylation sites (tertiary alicyclic amines) is 1. The molecular formula is C16H27Cl2N3O2. The zero-order valence-corrected chi connectivity index (χ0v) is 15.1. The van der Waals surface area contributed by atoms with Gasteiger partial charge in [0, 0.05) is 20.2 Å². The summed E-state index contributed by atoms with van der Waals surface area (Å²) in [5.74, 6) is -0.182. The summed E-state index contributed by atoms with van der Waals surface area (Å²) in [6.07, 6.45) is 2.62. The van der Waals surface area contributed by atoms with E-state index in [1.165, 1.54) is 38.6 Å². The van der Waals surface area contributed by atoms with Crippen LogP contribution in [-0.4, -0.2) is 43.7 Å². The number of nitrogens with zero attached hydrogens (tertiary/aromatic N) is 1. The fourth-order valence-corrected chi connectivity index (χ4v) is 2.54. The Morgan fingerprint density at radius 2 is 1.78 bits per heavy atom. The number of ether oxygens (including phenoxy) is 1. The molecule has 3 N–H and O–H groups in total. The highest BCUT2D eigenvalue weighted by molar-refractivity contribution is 5.85. The van der Waals surface area contributed by atoms with E-state index in [1.807, 2.05) is 0 Å². The summed E-state index contributed by atoms with van der Waals surface area (Å²) in [7, 11) is 1.53. The molecule has 132 valence electrons. The lowest BCUT2D eigenvalue weighted by atomic mass is 10.1. The lowest BCUT2D eigenvalue weighted by molar-refractivity contribution is -0.123. The molecule has 0 aromatic heterocycles. The van der Waals surface area contributed by atoms with Crippen LogP contribution >= 0.6 is 24.8 Å². The fourth-order valence-electron chi connectivity index (χ4n) is 2.54. The Hall–Kier alpha value is -0.850. The molecule has 23 heavy (non-hydrogen) atoms. The fraction of sp³-hybridized carbons (Fsp3) is 0.562. The molecule has 1 unspecified atom stereocenters. The van der Waals surface area contributed by atoms with Gasteiger partial charge in [0.15, 0.2) is 0 Å². The van der Waals surface area contributed by atoms with Gasteiger partial charge in [-0.1, -0.05) is 24.3 Å². The maximum atomic E-state index is 11.7. The van der Waals surface area contributed by atoms with Crippen molar-refractivity contribution in [2.24, 2.45) is 5.73 Å². The van der Waals surface area contributed by atoms with E-state index in [0.29, 0.717) is 6.54 Å². The third-order valence-electron chi connectivity index (χ3n) is 3.78. The highest BCUT2D eigenvalue weighted by atomic mass is 35.5. The van der Waals surface area contributed by atoms with Crippen LogP contribution in [-0.2, 0) is 22.6 Å². The van der Waals surface area contributed by atoms with Crippen molar-refractivity contribution < 1.29 is 9.53 Å². The Bertz CT molecular complexity index is 451. The second-order valence-corrected chi connectivity index (χ2v) is 5.58. The number of carbonyl (C=O) groups is 1. The molecule has 2 rings (SSSR count). The molecule has 1 aromatic carbocycles. The number of halogens is 2. The quantitative estimate of drug-likeness (QED) is 0.773. The minimum atomic E-state index is -0.607. The summed E-state index contributed by atoms with van der Waals surface area (Å²) in [6, 6.07) is 7.79. The molecule has 1 aliphatic rings. The Kier molecular flexibility index (Phi) is 11.2. The van der Waals surface area contributed by atoms with Crippen molar-refractivity contribution >= 4 is 30.7 Å². The van der Waals surface area contributed by atoms with Gasteiger partial charge in [-0.15, -0.1) is 24.8 Å². The zero-order valence-electron chi connectivity index (χ0n) is 13.5. The van der Waals surface area contributed by atoms with Crippen LogP contribution < -0.4 is 11.1 Å². The number of benzene rings is 1. The summed E-state index contributed by atoms with van der Waals surface area (Å²) >= 11 is 0. The highest BCUT2D eigenvalue weighted by Crippen LogP contribution is 2.13. The van der Waals surface area contributed by atoms with E-state index in [4.69, 9.17) is 10.5 Å². The van der Waals surface area contributed by atoms with Crippen molar-refractivity contribution in [1.82, 2.24) is 10.2 Å². The molecule has 0 spiro atoms. The number of rotatable bonds is 7. The van der Waals surface area contributed by atoms with Gasteiger partial charge in [-0.2, -0.15) is 0 Å². The maximum absolute atomic E-state index is 11.7. The van der Waals surface area contributed by atoms with Crippen LogP contribution in [0.1, 0.15) is 24.0 Å². The molecule has 0 radical (unpaired) electrons. The molecule has 1 fully saturated rings. The Morgan fingerprint density at radius 1 is 1.22 bits per heavy atom. The summed E-state index contributed by atoms with van der Waals surface area (Å²) < 4.78 is 4.87. The number of hydrogen-bond acceptors (Lipinski definition) is 4. The molecule has 1 saturated heterocycles. The second-order valence-electron chi connectivity index (χ2n) is 5.58. The van der Waals surface area contributed by atoms with E-state index in [2.05, 4.69) is 34.5 Å². The molecule has 1 atom stereocenters. The van der Waals surface area contributed by atoms with E-state index in [9.17, 15) is 4.79 Å². The minimum Gasteiger partial charge on any atom is -0.383 e. The average Bonchev–Trinajstić information content (AvgIpc) is 2.99. The van der Waals surface area contributed by atoms with Gasteiger partial charge in [0.1, 0.15) is 6.04 Å². The smallest absolute Gasteiger partial charge is 0.239 e. The van der Waals surface area contributed by atoms with Gasteiger partial charge in [-0.05, 0) is 37.1 Å². The van der Waals surface area contributed by atoms with E-state index in [-0.39, 0.29) is 37.3 Å². The van der Waals surface area contributed by atoms with E-state index in [1.54, 1.807) is 0 Å². The van der Waals surface area contributed by atoms with Crippen LogP contribution in [0.4, 0.5) is 0 Å². The molecule has 7 heteroatoms. The Labute approximate surface area is 150 Å². The highest BCUT2D eigenvalue weighted by Gasteiger charge is 2.13. The Morgan fingerprint density at radius 3 is 2.35 bits per heavy atom. The van der Waals surface area contributed by atoms with Gasteiger partial charge in [-0.3, -0.25) is 9.69 Å². The van der Waals surface area contributed by atoms with Gasteiger partial charge >= 0.3 is 0 Å². The number of amides is 1. The van der Waals surface area contributed by atoms with E-state index < -0.39 is 6.04 Å². The van der Waals surface area contributed by atoms with Crippen molar-refractivity contribution in [1.29, 1.82) is 0 Å². The Balaban J connectivity index is 0.00000242. The number of carbonyl (C=O) groups excluding carboxylic acids is 1. The monoisotopic (exact) mass is 363 g/mol. The van der Waals surface area contributed by atoms with Gasteiger partial charge < -0.3 is 15.8 Å². The van der Waals surface area contributed by atoms with Gasteiger partial charge in [0.25, 0.3) is 0 Å². The second kappa shape index (κ2) is 11.6. The summed E-state index contributed by atoms with van der Waals surface area (Å²) in [5, 5.41) is 2.82. The van der Waals surface area contributed by atoms with Crippen molar-refractivity contribution in [2.75, 3.05) is 26.8 Å². The SMILES string of the molecule is COCC(N)C(=O)NCc1ccc(CN2CCCC2)cc1.Cl.Cl. The molecule has 1 amide bonds. The molecule has 0 aliphatic carbocycles. The maximum Gasteiger partial charge on any atom is 0.239 e. The largest absolute Gasteiger partial charge is 0.383 e. The van der Waals surface area contributed by atoms with Crippen molar-refractivity contribution in [2.45, 2.75) is 32.0 Å². The lowest BCUT2D eigenvalue weighted by Gasteiger charge is -2.15. The molecule has 5 nitrogen and oxygen atoms in total. The van der Waals surface area contributed by atoms with Gasteiger partial charge in [0.2, 0.25) is 5.91 Å². The van der Waals surface area contributed by atoms with Crippen LogP contribution in [0.2, 0.25) is 0 Å². The van der Waals surface area contributed by atoms with Gasteiger partial charge in [0.05, 0.1) is 6.61 Å². The molecule has 1 heterocycles. The predicted octanol–water partition coefficient (Wildman–Crippen LogP) is 1.72. The number of methoxy groups -OCH3 is 1. The van der Waals surface area contributed by atoms with E-state index in [0.717, 1.165) is 12.1 Å². The first kappa shape index (κ1) is 22.1. The van der Waals surface area contributed by atoms with Gasteiger partial charge in [-0.25, -0.2) is 0 Å². The molecule has 0 saturated carbocycles. The predicted molar refractivity (Wildman–Crippen MR) is 97.1 cm³/mol. The third-order valence-corrected chi connectivity index (χ3v) is 3.78. The summed E-state index contributed by atoms with van der Waals surface area (Å²) in [4.78, 5) is 14.2. The normalized spacial score (nSPS) is 15.4. The van der Waals surface area contributed by atoms with Crippen LogP contribution in [0.5, 0.6) is 0 Å². The lowest BCUT2D eigenvalue weighted by Crippen LogP contribution is -2.43. The number of nitrogens with two attached hydrogens (primary N) is 1. The first-order valence-electron chi connectivity index (χ1n) is 7.51. The first-order valence-corrected chi connectivity index (χ1v) is 7.51. The number of hydrogen-bond donors (Lipinski definition) is 2. The van der Waals surface area contributed by atoms with E-state index >= 15 is 0 Å².